The first-order chi connectivity index (χ1) is 9.61. The first-order valence-corrected chi connectivity index (χ1v) is 9.40. The molecule has 1 heterocycles. The Bertz CT molecular complexity index is 381. The molecule has 0 amide bonds. The predicted molar refractivity (Wildman–Crippen MR) is 78.5 cm³/mol. The maximum atomic E-state index is 11.6. The van der Waals surface area contributed by atoms with Crippen LogP contribution in [-0.2, 0) is 19.3 Å². The number of methoxy groups -OCH3 is 1. The molecule has 1 aliphatic carbocycles. The Kier molecular flexibility index (Phi) is 6.26. The third kappa shape index (κ3) is 5.68. The van der Waals surface area contributed by atoms with E-state index in [2.05, 4.69) is 5.32 Å². The molecule has 0 aromatic heterocycles. The molecule has 0 bridgehead atoms. The summed E-state index contributed by atoms with van der Waals surface area (Å²) in [6.07, 6.45) is 3.36. The van der Waals surface area contributed by atoms with E-state index in [0.717, 1.165) is 32.0 Å². The maximum Gasteiger partial charge on any atom is 0.150 e. The van der Waals surface area contributed by atoms with E-state index in [1.165, 1.54) is 12.8 Å². The fourth-order valence-corrected chi connectivity index (χ4v) is 4.61. The van der Waals surface area contributed by atoms with E-state index in [0.29, 0.717) is 30.6 Å². The first kappa shape index (κ1) is 16.2. The van der Waals surface area contributed by atoms with Gasteiger partial charge in [0.1, 0.15) is 0 Å². The van der Waals surface area contributed by atoms with Gasteiger partial charge in [-0.15, -0.1) is 0 Å². The molecule has 1 saturated heterocycles. The summed E-state index contributed by atoms with van der Waals surface area (Å²) >= 11 is 0. The summed E-state index contributed by atoms with van der Waals surface area (Å²) in [6.45, 7) is 3.81. The summed E-state index contributed by atoms with van der Waals surface area (Å²) in [6, 6.07) is 0. The third-order valence-electron chi connectivity index (χ3n) is 4.21. The maximum absolute atomic E-state index is 11.6. The SMILES string of the molecule is COCCNCC(COCC1CC1)C1CCS(=O)(=O)C1. The lowest BCUT2D eigenvalue weighted by atomic mass is 9.92. The van der Waals surface area contributed by atoms with Gasteiger partial charge in [0.05, 0.1) is 24.7 Å². The molecule has 2 aliphatic rings. The molecular weight excluding hydrogens is 278 g/mol. The lowest BCUT2D eigenvalue weighted by Gasteiger charge is -2.23. The summed E-state index contributed by atoms with van der Waals surface area (Å²) in [5, 5.41) is 3.34. The Balaban J connectivity index is 1.75. The monoisotopic (exact) mass is 305 g/mol. The summed E-state index contributed by atoms with van der Waals surface area (Å²) in [5.41, 5.74) is 0. The number of nitrogens with one attached hydrogen (secondary N) is 1. The summed E-state index contributed by atoms with van der Waals surface area (Å²) in [7, 11) is -1.13. The zero-order valence-electron chi connectivity index (χ0n) is 12.3. The molecule has 0 spiro atoms. The van der Waals surface area contributed by atoms with Crippen LogP contribution in [0.2, 0.25) is 0 Å². The predicted octanol–water partition coefficient (Wildman–Crippen LogP) is 0.700. The van der Waals surface area contributed by atoms with Crippen molar-refractivity contribution in [1.82, 2.24) is 5.32 Å². The van der Waals surface area contributed by atoms with E-state index in [9.17, 15) is 8.42 Å². The Morgan fingerprint density at radius 2 is 2.10 bits per heavy atom. The number of ether oxygens (including phenoxy) is 2. The average molecular weight is 305 g/mol. The minimum Gasteiger partial charge on any atom is -0.383 e. The van der Waals surface area contributed by atoms with Crippen molar-refractivity contribution in [2.24, 2.45) is 17.8 Å². The zero-order chi connectivity index (χ0) is 14.4. The number of sulfone groups is 1. The minimum atomic E-state index is -2.81. The first-order valence-electron chi connectivity index (χ1n) is 7.58. The Labute approximate surface area is 122 Å². The molecule has 1 saturated carbocycles. The fraction of sp³-hybridized carbons (Fsp3) is 1.00. The van der Waals surface area contributed by atoms with Crippen LogP contribution in [0.5, 0.6) is 0 Å². The molecule has 5 nitrogen and oxygen atoms in total. The van der Waals surface area contributed by atoms with Crippen LogP contribution < -0.4 is 5.32 Å². The quantitative estimate of drug-likeness (QED) is 0.602. The van der Waals surface area contributed by atoms with E-state index in [4.69, 9.17) is 9.47 Å². The van der Waals surface area contributed by atoms with Crippen LogP contribution in [0.3, 0.4) is 0 Å². The molecule has 20 heavy (non-hydrogen) atoms. The molecule has 1 N–H and O–H groups in total. The average Bonchev–Trinajstić information content (AvgIpc) is 3.15. The molecule has 0 aromatic carbocycles. The van der Waals surface area contributed by atoms with Gasteiger partial charge in [0.2, 0.25) is 0 Å². The van der Waals surface area contributed by atoms with Crippen molar-refractivity contribution in [2.75, 3.05) is 51.5 Å². The van der Waals surface area contributed by atoms with E-state index in [1.807, 2.05) is 0 Å². The molecule has 1 aliphatic heterocycles. The van der Waals surface area contributed by atoms with E-state index in [1.54, 1.807) is 7.11 Å². The van der Waals surface area contributed by atoms with Gasteiger partial charge >= 0.3 is 0 Å². The van der Waals surface area contributed by atoms with Crippen molar-refractivity contribution in [1.29, 1.82) is 0 Å². The van der Waals surface area contributed by atoms with Crippen LogP contribution >= 0.6 is 0 Å². The van der Waals surface area contributed by atoms with E-state index < -0.39 is 9.84 Å². The van der Waals surface area contributed by atoms with Gasteiger partial charge in [0, 0.05) is 26.8 Å². The van der Waals surface area contributed by atoms with Crippen molar-refractivity contribution >= 4 is 9.84 Å². The van der Waals surface area contributed by atoms with Crippen LogP contribution in [0.15, 0.2) is 0 Å². The van der Waals surface area contributed by atoms with Crippen molar-refractivity contribution in [3.05, 3.63) is 0 Å². The topological polar surface area (TPSA) is 64.6 Å². The normalized spacial score (nSPS) is 26.8. The molecule has 0 radical (unpaired) electrons. The molecule has 2 atom stereocenters. The Hall–Kier alpha value is -0.170. The van der Waals surface area contributed by atoms with Gasteiger partial charge < -0.3 is 14.8 Å². The van der Waals surface area contributed by atoms with Crippen LogP contribution in [0.1, 0.15) is 19.3 Å². The smallest absolute Gasteiger partial charge is 0.150 e. The van der Waals surface area contributed by atoms with Crippen LogP contribution in [0.25, 0.3) is 0 Å². The summed E-state index contributed by atoms with van der Waals surface area (Å²) in [5.74, 6) is 1.96. The largest absolute Gasteiger partial charge is 0.383 e. The highest BCUT2D eigenvalue weighted by Crippen LogP contribution is 2.30. The van der Waals surface area contributed by atoms with Crippen LogP contribution in [0, 0.1) is 17.8 Å². The lowest BCUT2D eigenvalue weighted by Crippen LogP contribution is -2.34. The second-order valence-electron chi connectivity index (χ2n) is 6.10. The van der Waals surface area contributed by atoms with Crippen molar-refractivity contribution in [2.45, 2.75) is 19.3 Å². The van der Waals surface area contributed by atoms with Crippen molar-refractivity contribution in [3.8, 4) is 0 Å². The molecule has 6 heteroatoms. The standard InChI is InChI=1S/C14H27NO4S/c1-18-6-5-15-8-14(10-19-9-12-2-3-12)13-4-7-20(16,17)11-13/h12-15H,2-11H2,1H3. The van der Waals surface area contributed by atoms with Gasteiger partial charge in [0.25, 0.3) is 0 Å². The molecule has 2 rings (SSSR count). The number of rotatable bonds is 10. The van der Waals surface area contributed by atoms with Crippen LogP contribution in [0.4, 0.5) is 0 Å². The summed E-state index contributed by atoms with van der Waals surface area (Å²) < 4.78 is 34.1. The fourth-order valence-electron chi connectivity index (χ4n) is 2.69. The zero-order valence-corrected chi connectivity index (χ0v) is 13.2. The van der Waals surface area contributed by atoms with Gasteiger partial charge in [0.15, 0.2) is 9.84 Å². The van der Waals surface area contributed by atoms with Gasteiger partial charge in [-0.25, -0.2) is 8.42 Å². The minimum absolute atomic E-state index is 0.245. The lowest BCUT2D eigenvalue weighted by molar-refractivity contribution is 0.0727. The highest BCUT2D eigenvalue weighted by atomic mass is 32.2. The van der Waals surface area contributed by atoms with Crippen LogP contribution in [-0.4, -0.2) is 59.9 Å². The summed E-state index contributed by atoms with van der Waals surface area (Å²) in [4.78, 5) is 0. The molecule has 118 valence electrons. The third-order valence-corrected chi connectivity index (χ3v) is 6.00. The van der Waals surface area contributed by atoms with Gasteiger partial charge in [-0.05, 0) is 37.0 Å². The number of hydrogen-bond donors (Lipinski definition) is 1. The van der Waals surface area contributed by atoms with Crippen molar-refractivity contribution in [3.63, 3.8) is 0 Å². The second-order valence-corrected chi connectivity index (χ2v) is 8.33. The number of hydrogen-bond acceptors (Lipinski definition) is 5. The molecular formula is C14H27NO4S. The van der Waals surface area contributed by atoms with Gasteiger partial charge in [-0.2, -0.15) is 0 Å². The molecule has 2 unspecified atom stereocenters. The highest BCUT2D eigenvalue weighted by molar-refractivity contribution is 7.91. The van der Waals surface area contributed by atoms with Crippen molar-refractivity contribution < 1.29 is 17.9 Å². The van der Waals surface area contributed by atoms with E-state index in [-0.39, 0.29) is 5.92 Å². The molecule has 2 fully saturated rings. The van der Waals surface area contributed by atoms with Gasteiger partial charge in [-0.3, -0.25) is 0 Å². The van der Waals surface area contributed by atoms with Gasteiger partial charge in [-0.1, -0.05) is 0 Å². The highest BCUT2D eigenvalue weighted by Gasteiger charge is 2.34. The Morgan fingerprint density at radius 1 is 1.30 bits per heavy atom. The Morgan fingerprint density at radius 3 is 2.70 bits per heavy atom. The molecule has 0 aromatic rings. The van der Waals surface area contributed by atoms with E-state index >= 15 is 0 Å². The second kappa shape index (κ2) is 7.73.